The second-order valence-corrected chi connectivity index (χ2v) is 10.0. The Kier molecular flexibility index (Phi) is 21.2. The molecular weight excluding hydrogens is 559 g/mol. The first-order valence-electron chi connectivity index (χ1n) is 13.6. The van der Waals surface area contributed by atoms with E-state index in [0.717, 1.165) is 5.92 Å². The Morgan fingerprint density at radius 3 is 1.83 bits per heavy atom. The van der Waals surface area contributed by atoms with Crippen molar-refractivity contribution in [1.82, 2.24) is 21.3 Å². The van der Waals surface area contributed by atoms with E-state index < -0.39 is 79.8 Å². The molecule has 0 bridgehead atoms. The lowest BCUT2D eigenvalue weighted by atomic mass is 10.0. The summed E-state index contributed by atoms with van der Waals surface area (Å²) in [6.07, 6.45) is -7.86. The first kappa shape index (κ1) is 40.5. The molecule has 0 heterocycles. The molecule has 0 aromatic heterocycles. The first-order chi connectivity index (χ1) is 19.4. The van der Waals surface area contributed by atoms with Crippen LogP contribution >= 0.6 is 0 Å². The van der Waals surface area contributed by atoms with Crippen molar-refractivity contribution in [3.05, 3.63) is 35.9 Å². The van der Waals surface area contributed by atoms with E-state index in [9.17, 15) is 42.3 Å². The molecule has 0 saturated heterocycles. The molecule has 14 heteroatoms. The van der Waals surface area contributed by atoms with Crippen LogP contribution in [0.3, 0.4) is 0 Å². The van der Waals surface area contributed by atoms with Gasteiger partial charge >= 0.3 is 6.18 Å². The van der Waals surface area contributed by atoms with Crippen molar-refractivity contribution in [1.29, 1.82) is 0 Å². The Morgan fingerprint density at radius 1 is 0.905 bits per heavy atom. The second-order valence-electron chi connectivity index (χ2n) is 10.0. The highest BCUT2D eigenvalue weighted by Crippen LogP contribution is 2.24. The van der Waals surface area contributed by atoms with Crippen molar-refractivity contribution in [3.63, 3.8) is 0 Å². The van der Waals surface area contributed by atoms with Crippen molar-refractivity contribution in [2.24, 2.45) is 11.7 Å². The number of nitrogens with one attached hydrogen (secondary N) is 4. The normalized spacial score (nSPS) is 12.6. The molecule has 7 N–H and O–H groups in total. The van der Waals surface area contributed by atoms with Gasteiger partial charge in [-0.05, 0) is 17.9 Å². The van der Waals surface area contributed by atoms with Gasteiger partial charge in [-0.2, -0.15) is 13.2 Å². The minimum atomic E-state index is -5.07. The monoisotopic (exact) mass is 605 g/mol. The summed E-state index contributed by atoms with van der Waals surface area (Å²) in [6.45, 7) is 10.8. The maximum Gasteiger partial charge on any atom is 0.416 e. The fourth-order valence-electron chi connectivity index (χ4n) is 2.89. The van der Waals surface area contributed by atoms with Crippen LogP contribution in [0.2, 0.25) is 0 Å². The molecule has 11 nitrogen and oxygen atoms in total. The van der Waals surface area contributed by atoms with Crippen LogP contribution in [0, 0.1) is 5.92 Å². The highest BCUT2D eigenvalue weighted by molar-refractivity contribution is 5.92. The van der Waals surface area contributed by atoms with Gasteiger partial charge in [-0.3, -0.25) is 24.0 Å². The summed E-state index contributed by atoms with van der Waals surface area (Å²) in [4.78, 5) is 58.8. The molecular formula is C28H46F3N5O6. The van der Waals surface area contributed by atoms with Crippen LogP contribution in [-0.2, 0) is 30.4 Å². The number of rotatable bonds is 13. The second kappa shape index (κ2) is 22.0. The smallest absolute Gasteiger partial charge is 0.382 e. The number of alkyl halides is 3. The number of halogens is 3. The van der Waals surface area contributed by atoms with Crippen LogP contribution in [0.1, 0.15) is 66.4 Å². The number of aliphatic hydroxyl groups is 1. The summed E-state index contributed by atoms with van der Waals surface area (Å²) in [7, 11) is 0. The highest BCUT2D eigenvalue weighted by Gasteiger charge is 2.44. The predicted molar refractivity (Wildman–Crippen MR) is 153 cm³/mol. The third-order valence-corrected chi connectivity index (χ3v) is 4.62. The van der Waals surface area contributed by atoms with Gasteiger partial charge in [0.25, 0.3) is 0 Å². The van der Waals surface area contributed by atoms with Crippen molar-refractivity contribution in [2.75, 3.05) is 13.1 Å². The minimum absolute atomic E-state index is 0.0220. The van der Waals surface area contributed by atoms with Gasteiger partial charge in [0.15, 0.2) is 6.10 Å². The van der Waals surface area contributed by atoms with Crippen LogP contribution in [0.15, 0.2) is 30.3 Å². The molecule has 0 aliphatic rings. The molecule has 42 heavy (non-hydrogen) atoms. The fourth-order valence-corrected chi connectivity index (χ4v) is 2.89. The zero-order valence-corrected chi connectivity index (χ0v) is 25.1. The van der Waals surface area contributed by atoms with Gasteiger partial charge in [-0.1, -0.05) is 71.4 Å². The predicted octanol–water partition coefficient (Wildman–Crippen LogP) is 1.72. The first-order valence-corrected chi connectivity index (χ1v) is 13.6. The largest absolute Gasteiger partial charge is 0.416 e. The summed E-state index contributed by atoms with van der Waals surface area (Å²) < 4.78 is 38.6. The van der Waals surface area contributed by atoms with Gasteiger partial charge in [-0.25, -0.2) is 0 Å². The molecule has 240 valence electrons. The molecule has 3 atom stereocenters. The summed E-state index contributed by atoms with van der Waals surface area (Å²) in [5, 5.41) is 18.3. The number of hydrogen-bond acceptors (Lipinski definition) is 6. The van der Waals surface area contributed by atoms with Gasteiger partial charge in [0.2, 0.25) is 29.5 Å². The van der Waals surface area contributed by atoms with E-state index in [2.05, 4.69) is 50.6 Å². The van der Waals surface area contributed by atoms with Crippen LogP contribution in [-0.4, -0.2) is 72.1 Å². The van der Waals surface area contributed by atoms with Crippen LogP contribution in [0.25, 0.3) is 0 Å². The summed E-state index contributed by atoms with van der Waals surface area (Å²) in [5.74, 6) is -3.12. The molecule has 1 aromatic carbocycles. The SMILES string of the molecule is CC(=O)NCC(=O)NC(Cc1ccccc1)C(=O)NCC(=O)NC(CCC(N)=O)C(O)C(F)(F)F.CC(C)C.CCC. The molecule has 0 aliphatic heterocycles. The lowest BCUT2D eigenvalue weighted by molar-refractivity contribution is -0.212. The topological polar surface area (TPSA) is 180 Å². The van der Waals surface area contributed by atoms with Crippen LogP contribution < -0.4 is 27.0 Å². The van der Waals surface area contributed by atoms with Crippen molar-refractivity contribution >= 4 is 29.5 Å². The maximum atomic E-state index is 12.9. The fraction of sp³-hybridized carbons (Fsp3) is 0.607. The molecule has 5 amide bonds. The lowest BCUT2D eigenvalue weighted by Crippen LogP contribution is -2.54. The summed E-state index contributed by atoms with van der Waals surface area (Å²) >= 11 is 0. The number of amides is 5. The third-order valence-electron chi connectivity index (χ3n) is 4.62. The van der Waals surface area contributed by atoms with E-state index in [4.69, 9.17) is 5.73 Å². The zero-order valence-electron chi connectivity index (χ0n) is 25.1. The van der Waals surface area contributed by atoms with Crippen molar-refractivity contribution in [3.8, 4) is 0 Å². The standard InChI is InChI=1S/C21H28F3N5O6.C4H10.C3H8/c1-12(30)26-10-17(32)29-15(9-13-5-3-2-4-6-13)20(35)27-11-18(33)28-14(7-8-16(25)31)19(34)21(22,23)24;1-4(2)3;1-3-2/h2-6,14-15,19,34H,7-11H2,1H3,(H2,25,31)(H,26,30)(H,27,35)(H,28,33)(H,29,32);4H,1-3H3;3H2,1-2H3. The molecule has 1 aromatic rings. The Morgan fingerprint density at radius 2 is 1.38 bits per heavy atom. The van der Waals surface area contributed by atoms with E-state index in [1.807, 2.05) is 5.32 Å². The van der Waals surface area contributed by atoms with Crippen molar-refractivity contribution in [2.45, 2.75) is 91.6 Å². The quantitative estimate of drug-likeness (QED) is 0.199. The molecule has 1 rings (SSSR count). The molecule has 0 radical (unpaired) electrons. The third kappa shape index (κ3) is 22.1. The van der Waals surface area contributed by atoms with Gasteiger partial charge in [0, 0.05) is 19.8 Å². The maximum absolute atomic E-state index is 12.9. The molecule has 0 fully saturated rings. The Labute approximate surface area is 245 Å². The number of nitrogens with two attached hydrogens (primary N) is 1. The van der Waals surface area contributed by atoms with E-state index >= 15 is 0 Å². The van der Waals surface area contributed by atoms with E-state index in [0.29, 0.717) is 5.56 Å². The molecule has 3 unspecified atom stereocenters. The highest BCUT2D eigenvalue weighted by atomic mass is 19.4. The average Bonchev–Trinajstić information content (AvgIpc) is 2.87. The Hall–Kier alpha value is -3.68. The Bertz CT molecular complexity index is 958. The molecule has 0 saturated carbocycles. The van der Waals surface area contributed by atoms with Crippen molar-refractivity contribution < 1.29 is 42.3 Å². The van der Waals surface area contributed by atoms with Gasteiger partial charge in [0.1, 0.15) is 6.04 Å². The van der Waals surface area contributed by atoms with Gasteiger partial charge in [0.05, 0.1) is 19.1 Å². The number of primary amides is 1. The minimum Gasteiger partial charge on any atom is -0.382 e. The molecule has 0 spiro atoms. The average molecular weight is 606 g/mol. The summed E-state index contributed by atoms with van der Waals surface area (Å²) in [5.41, 5.74) is 5.59. The van der Waals surface area contributed by atoms with Gasteiger partial charge in [-0.15, -0.1) is 0 Å². The van der Waals surface area contributed by atoms with E-state index in [1.165, 1.54) is 13.3 Å². The van der Waals surface area contributed by atoms with Gasteiger partial charge < -0.3 is 32.1 Å². The summed E-state index contributed by atoms with van der Waals surface area (Å²) in [6, 6.07) is 5.48. The zero-order chi connectivity index (χ0) is 32.9. The van der Waals surface area contributed by atoms with E-state index in [-0.39, 0.29) is 6.42 Å². The number of aliphatic hydroxyl groups excluding tert-OH is 1. The number of carbonyl (C=O) groups excluding carboxylic acids is 5. The van der Waals surface area contributed by atoms with E-state index in [1.54, 1.807) is 30.3 Å². The number of carbonyl (C=O) groups is 5. The van der Waals surface area contributed by atoms with Crippen LogP contribution in [0.4, 0.5) is 13.2 Å². The Balaban J connectivity index is 0. The number of benzene rings is 1. The molecule has 0 aliphatic carbocycles. The lowest BCUT2D eigenvalue weighted by Gasteiger charge is -2.26. The number of hydrogen-bond donors (Lipinski definition) is 6. The van der Waals surface area contributed by atoms with Crippen LogP contribution in [0.5, 0.6) is 0 Å².